The summed E-state index contributed by atoms with van der Waals surface area (Å²) in [5, 5.41) is 3.71. The number of hydrogen-bond acceptors (Lipinski definition) is 3. The summed E-state index contributed by atoms with van der Waals surface area (Å²) in [4.78, 5) is 25.4. The summed E-state index contributed by atoms with van der Waals surface area (Å²) in [6.07, 6.45) is 6.86. The van der Waals surface area contributed by atoms with Crippen LogP contribution in [0.25, 0.3) is 0 Å². The lowest BCUT2D eigenvalue weighted by atomic mass is 9.43. The minimum atomic E-state index is -0.521. The van der Waals surface area contributed by atoms with E-state index in [1.54, 1.807) is 12.1 Å². The SMILES string of the molecule is O=C(CC1(c2ccccc2)C2CC3CC(C2)CC1C3)NCCOC(=O)c1ccc(Cl)cc1Cl. The van der Waals surface area contributed by atoms with Crippen LogP contribution in [-0.2, 0) is 14.9 Å². The molecule has 0 spiro atoms. The number of carbonyl (C=O) groups excluding carboxylic acids is 2. The Bertz CT molecular complexity index is 1010. The zero-order chi connectivity index (χ0) is 23.0. The maximum absolute atomic E-state index is 13.1. The summed E-state index contributed by atoms with van der Waals surface area (Å²) in [5.41, 5.74) is 1.51. The smallest absolute Gasteiger partial charge is 0.339 e. The van der Waals surface area contributed by atoms with Crippen molar-refractivity contribution in [2.45, 2.75) is 43.9 Å². The predicted molar refractivity (Wildman–Crippen MR) is 130 cm³/mol. The van der Waals surface area contributed by atoms with E-state index in [2.05, 4.69) is 35.6 Å². The molecule has 33 heavy (non-hydrogen) atoms. The van der Waals surface area contributed by atoms with Crippen LogP contribution in [0.3, 0.4) is 0 Å². The highest BCUT2D eigenvalue weighted by molar-refractivity contribution is 6.36. The van der Waals surface area contributed by atoms with Crippen molar-refractivity contribution in [3.05, 3.63) is 69.7 Å². The second-order valence-electron chi connectivity index (χ2n) is 10.00. The summed E-state index contributed by atoms with van der Waals surface area (Å²) in [5.74, 6) is 2.34. The van der Waals surface area contributed by atoms with Crippen molar-refractivity contribution in [1.29, 1.82) is 0 Å². The third kappa shape index (κ3) is 4.40. The van der Waals surface area contributed by atoms with E-state index in [4.69, 9.17) is 27.9 Å². The molecule has 2 aromatic carbocycles. The fraction of sp³-hybridized carbons (Fsp3) is 0.481. The number of rotatable bonds is 7. The summed E-state index contributed by atoms with van der Waals surface area (Å²) in [6, 6.07) is 15.3. The molecule has 1 amide bonds. The molecule has 4 aliphatic rings. The Morgan fingerprint density at radius 2 is 1.61 bits per heavy atom. The Morgan fingerprint density at radius 3 is 2.24 bits per heavy atom. The van der Waals surface area contributed by atoms with Crippen LogP contribution < -0.4 is 5.32 Å². The molecular weight excluding hydrogens is 457 g/mol. The molecule has 4 nitrogen and oxygen atoms in total. The number of esters is 1. The molecule has 6 rings (SSSR count). The monoisotopic (exact) mass is 485 g/mol. The maximum atomic E-state index is 13.1. The van der Waals surface area contributed by atoms with Crippen LogP contribution in [0.15, 0.2) is 48.5 Å². The summed E-state index contributed by atoms with van der Waals surface area (Å²) >= 11 is 12.0. The van der Waals surface area contributed by atoms with Gasteiger partial charge in [-0.15, -0.1) is 0 Å². The van der Waals surface area contributed by atoms with Gasteiger partial charge in [-0.3, -0.25) is 4.79 Å². The molecular formula is C27H29Cl2NO3. The first-order valence-corrected chi connectivity index (χ1v) is 12.7. The van der Waals surface area contributed by atoms with E-state index in [9.17, 15) is 9.59 Å². The van der Waals surface area contributed by atoms with Gasteiger partial charge in [0, 0.05) is 16.9 Å². The van der Waals surface area contributed by atoms with Gasteiger partial charge in [0.2, 0.25) is 5.91 Å². The first kappa shape index (κ1) is 22.7. The lowest BCUT2D eigenvalue weighted by Crippen LogP contribution is -2.57. The number of benzene rings is 2. The normalized spacial score (nSPS) is 29.6. The number of carbonyl (C=O) groups is 2. The van der Waals surface area contributed by atoms with Gasteiger partial charge in [0.25, 0.3) is 0 Å². The van der Waals surface area contributed by atoms with E-state index < -0.39 is 5.97 Å². The maximum Gasteiger partial charge on any atom is 0.339 e. The van der Waals surface area contributed by atoms with Crippen LogP contribution in [0.4, 0.5) is 0 Å². The number of hydrogen-bond donors (Lipinski definition) is 1. The Labute approximate surface area is 205 Å². The molecule has 4 fully saturated rings. The summed E-state index contributed by atoms with van der Waals surface area (Å²) in [6.45, 7) is 0.375. The van der Waals surface area contributed by atoms with Gasteiger partial charge in [-0.1, -0.05) is 53.5 Å². The minimum Gasteiger partial charge on any atom is -0.460 e. The Hall–Kier alpha value is -2.04. The third-order valence-electron chi connectivity index (χ3n) is 8.17. The first-order valence-electron chi connectivity index (χ1n) is 11.9. The van der Waals surface area contributed by atoms with Gasteiger partial charge in [0.15, 0.2) is 0 Å². The Balaban J connectivity index is 1.22. The van der Waals surface area contributed by atoms with E-state index in [0.29, 0.717) is 23.3 Å². The standard InChI is InChI=1S/C27H29Cl2NO3/c28-22-6-7-23(24(29)15-22)26(32)33-9-8-30-25(31)16-27(19-4-2-1-3-5-19)20-11-17-10-18(13-20)14-21(27)12-17/h1-7,15,17-18,20-21H,8-14,16H2,(H,30,31). The van der Waals surface area contributed by atoms with Crippen LogP contribution >= 0.6 is 23.2 Å². The van der Waals surface area contributed by atoms with Gasteiger partial charge in [-0.05, 0) is 79.5 Å². The second-order valence-corrected chi connectivity index (χ2v) is 10.8. The highest BCUT2D eigenvalue weighted by Crippen LogP contribution is 2.64. The van der Waals surface area contributed by atoms with Gasteiger partial charge in [0.05, 0.1) is 17.1 Å². The zero-order valence-electron chi connectivity index (χ0n) is 18.6. The molecule has 0 saturated heterocycles. The molecule has 4 saturated carbocycles. The Kier molecular flexibility index (Phi) is 6.41. The van der Waals surface area contributed by atoms with E-state index in [1.165, 1.54) is 43.7 Å². The van der Waals surface area contributed by atoms with E-state index >= 15 is 0 Å². The highest BCUT2D eigenvalue weighted by Gasteiger charge is 2.58. The van der Waals surface area contributed by atoms with Crippen LogP contribution in [0.2, 0.25) is 10.0 Å². The first-order chi connectivity index (χ1) is 16.0. The van der Waals surface area contributed by atoms with Crippen LogP contribution in [-0.4, -0.2) is 25.0 Å². The average molecular weight is 486 g/mol. The molecule has 0 atom stereocenters. The van der Waals surface area contributed by atoms with Crippen LogP contribution in [0.1, 0.15) is 54.4 Å². The molecule has 4 aliphatic carbocycles. The molecule has 0 unspecified atom stereocenters. The van der Waals surface area contributed by atoms with Crippen molar-refractivity contribution in [3.8, 4) is 0 Å². The van der Waals surface area contributed by atoms with Crippen LogP contribution in [0.5, 0.6) is 0 Å². The van der Waals surface area contributed by atoms with Gasteiger partial charge >= 0.3 is 5.97 Å². The van der Waals surface area contributed by atoms with Crippen molar-refractivity contribution in [1.82, 2.24) is 5.32 Å². The van der Waals surface area contributed by atoms with Gasteiger partial charge < -0.3 is 10.1 Å². The minimum absolute atomic E-state index is 0.0342. The zero-order valence-corrected chi connectivity index (χ0v) is 20.1. The molecule has 0 radical (unpaired) electrons. The predicted octanol–water partition coefficient (Wildman–Crippen LogP) is 6.05. The summed E-state index contributed by atoms with van der Waals surface area (Å²) < 4.78 is 5.31. The van der Waals surface area contributed by atoms with E-state index in [-0.39, 0.29) is 35.1 Å². The van der Waals surface area contributed by atoms with E-state index in [1.807, 2.05) is 0 Å². The third-order valence-corrected chi connectivity index (χ3v) is 8.72. The molecule has 2 aromatic rings. The molecule has 0 heterocycles. The lowest BCUT2D eigenvalue weighted by molar-refractivity contribution is -0.129. The van der Waals surface area contributed by atoms with E-state index in [0.717, 1.165) is 11.8 Å². The van der Waals surface area contributed by atoms with Crippen molar-refractivity contribution in [2.24, 2.45) is 23.7 Å². The van der Waals surface area contributed by atoms with Gasteiger partial charge in [-0.25, -0.2) is 4.79 Å². The van der Waals surface area contributed by atoms with Crippen LogP contribution in [0, 0.1) is 23.7 Å². The summed E-state index contributed by atoms with van der Waals surface area (Å²) in [7, 11) is 0. The van der Waals surface area contributed by atoms with Gasteiger partial charge in [0.1, 0.15) is 6.61 Å². The molecule has 6 heteroatoms. The topological polar surface area (TPSA) is 55.4 Å². The molecule has 4 bridgehead atoms. The van der Waals surface area contributed by atoms with Crippen molar-refractivity contribution >= 4 is 35.1 Å². The largest absolute Gasteiger partial charge is 0.460 e. The molecule has 174 valence electrons. The number of nitrogens with one attached hydrogen (secondary N) is 1. The van der Waals surface area contributed by atoms with Crippen molar-refractivity contribution in [2.75, 3.05) is 13.2 Å². The molecule has 1 N–H and O–H groups in total. The quantitative estimate of drug-likeness (QED) is 0.383. The number of amides is 1. The number of halogens is 2. The van der Waals surface area contributed by atoms with Crippen molar-refractivity contribution in [3.63, 3.8) is 0 Å². The fourth-order valence-corrected chi connectivity index (χ4v) is 7.52. The fourth-order valence-electron chi connectivity index (χ4n) is 7.03. The molecule has 0 aromatic heterocycles. The molecule has 0 aliphatic heterocycles. The van der Waals surface area contributed by atoms with Gasteiger partial charge in [-0.2, -0.15) is 0 Å². The number of ether oxygens (including phenoxy) is 1. The highest BCUT2D eigenvalue weighted by atomic mass is 35.5. The lowest BCUT2D eigenvalue weighted by Gasteiger charge is -2.61. The second kappa shape index (κ2) is 9.31. The van der Waals surface area contributed by atoms with Crippen molar-refractivity contribution < 1.29 is 14.3 Å². The average Bonchev–Trinajstić information content (AvgIpc) is 2.79. The Morgan fingerprint density at radius 1 is 0.939 bits per heavy atom.